The molecule has 21 nitrogen and oxygen atoms in total. The molecule has 0 radical (unpaired) electrons. The summed E-state index contributed by atoms with van der Waals surface area (Å²) in [5.74, 6) is -2.47. The molecule has 0 fully saturated rings. The molecule has 0 spiro atoms. The van der Waals surface area contributed by atoms with E-state index in [-0.39, 0.29) is 71.4 Å². The Bertz CT molecular complexity index is 2830. The second kappa shape index (κ2) is 17.8. The van der Waals surface area contributed by atoms with Crippen LogP contribution in [0.5, 0.6) is 11.5 Å². The summed E-state index contributed by atoms with van der Waals surface area (Å²) >= 11 is 0. The summed E-state index contributed by atoms with van der Waals surface area (Å²) in [4.78, 5) is 61.4. The summed E-state index contributed by atoms with van der Waals surface area (Å²) in [6.07, 6.45) is -2.98. The zero-order chi connectivity index (χ0) is 44.4. The average molecular weight is 843 g/mol. The lowest BCUT2D eigenvalue weighted by Crippen LogP contribution is -2.40. The first kappa shape index (κ1) is 43.7. The molecule has 0 aliphatic carbocycles. The number of rotatable bonds is 16. The molecule has 4 amide bonds. The molecule has 6 rings (SSSR count). The van der Waals surface area contributed by atoms with Gasteiger partial charge in [-0.15, -0.1) is 0 Å². The number of nitrogens with zero attached hydrogens (tertiary/aromatic N) is 10. The molecule has 61 heavy (non-hydrogen) atoms. The van der Waals surface area contributed by atoms with Gasteiger partial charge in [0.15, 0.2) is 0 Å². The SMILES string of the molecule is CCn1nc(C)cc1C(=O)N=c1n(C)c2cc(C(N)=O)cc(OC)c2n1C[C@@H](O)[C@H](O)Cn1c(=NC(=O)c2cc(C)nn2CC)n(C)c2cc(C(N)=O)cc(OCCCO)c21. The third kappa shape index (κ3) is 8.47. The van der Waals surface area contributed by atoms with E-state index >= 15 is 0 Å². The lowest BCUT2D eigenvalue weighted by molar-refractivity contribution is -0.000241. The molecule has 6 aromatic rings. The number of nitrogens with two attached hydrogens (primary N) is 2. The summed E-state index contributed by atoms with van der Waals surface area (Å²) in [7, 11) is 4.60. The van der Waals surface area contributed by atoms with Crippen LogP contribution < -0.4 is 32.2 Å². The number of primary amides is 2. The highest BCUT2D eigenvalue weighted by molar-refractivity contribution is 6.00. The number of hydrogen-bond donors (Lipinski definition) is 5. The largest absolute Gasteiger partial charge is 0.494 e. The van der Waals surface area contributed by atoms with Crippen LogP contribution in [0.15, 0.2) is 46.4 Å². The van der Waals surface area contributed by atoms with Crippen molar-refractivity contribution in [2.45, 2.75) is 72.5 Å². The number of carbonyl (C=O) groups excluding carboxylic acids is 4. The van der Waals surface area contributed by atoms with Crippen LogP contribution in [0.25, 0.3) is 22.1 Å². The fourth-order valence-electron chi connectivity index (χ4n) is 7.26. The summed E-state index contributed by atoms with van der Waals surface area (Å²) in [5.41, 5.74) is 14.6. The van der Waals surface area contributed by atoms with Crippen LogP contribution in [0.4, 0.5) is 0 Å². The summed E-state index contributed by atoms with van der Waals surface area (Å²) in [5, 5.41) is 42.1. The zero-order valence-electron chi connectivity index (χ0n) is 35.0. The number of aromatic nitrogens is 8. The van der Waals surface area contributed by atoms with Crippen molar-refractivity contribution in [1.29, 1.82) is 0 Å². The number of fused-ring (bicyclic) bond motifs is 2. The first-order valence-corrected chi connectivity index (χ1v) is 19.5. The molecule has 0 saturated carbocycles. The van der Waals surface area contributed by atoms with Crippen molar-refractivity contribution in [1.82, 2.24) is 37.8 Å². The van der Waals surface area contributed by atoms with Crippen molar-refractivity contribution in [2.75, 3.05) is 20.3 Å². The van der Waals surface area contributed by atoms with E-state index in [2.05, 4.69) is 20.2 Å². The van der Waals surface area contributed by atoms with Gasteiger partial charge in [0.05, 0.1) is 61.4 Å². The van der Waals surface area contributed by atoms with E-state index in [9.17, 15) is 34.5 Å². The summed E-state index contributed by atoms with van der Waals surface area (Å²) in [6.45, 7) is 7.03. The lowest BCUT2D eigenvalue weighted by atomic mass is 10.1. The molecule has 2 aromatic carbocycles. The minimum absolute atomic E-state index is 0.0176. The highest BCUT2D eigenvalue weighted by Crippen LogP contribution is 2.30. The third-order valence-electron chi connectivity index (χ3n) is 10.2. The Hall–Kier alpha value is -6.84. The van der Waals surface area contributed by atoms with Crippen molar-refractivity contribution in [3.63, 3.8) is 0 Å². The number of ether oxygens (including phenoxy) is 2. The fraction of sp³-hybridized carbons (Fsp3) is 0.400. The van der Waals surface area contributed by atoms with Crippen molar-refractivity contribution < 1.29 is 44.0 Å². The number of carbonyl (C=O) groups is 4. The molecule has 324 valence electrons. The third-order valence-corrected chi connectivity index (χ3v) is 10.2. The number of aliphatic hydroxyl groups excluding tert-OH is 3. The molecule has 21 heteroatoms. The van der Waals surface area contributed by atoms with E-state index in [1.54, 1.807) is 40.1 Å². The van der Waals surface area contributed by atoms with E-state index in [1.807, 2.05) is 13.8 Å². The molecule has 4 heterocycles. The van der Waals surface area contributed by atoms with Gasteiger partial charge in [-0.25, -0.2) is 0 Å². The van der Waals surface area contributed by atoms with Crippen LogP contribution >= 0.6 is 0 Å². The predicted molar refractivity (Wildman–Crippen MR) is 220 cm³/mol. The van der Waals surface area contributed by atoms with Crippen LogP contribution in [0, 0.1) is 13.8 Å². The Morgan fingerprint density at radius 1 is 0.721 bits per heavy atom. The highest BCUT2D eigenvalue weighted by Gasteiger charge is 2.27. The summed E-state index contributed by atoms with van der Waals surface area (Å²) in [6, 6.07) is 9.04. The Morgan fingerprint density at radius 2 is 1.15 bits per heavy atom. The summed E-state index contributed by atoms with van der Waals surface area (Å²) < 4.78 is 20.8. The van der Waals surface area contributed by atoms with Gasteiger partial charge < -0.3 is 54.5 Å². The van der Waals surface area contributed by atoms with Crippen molar-refractivity contribution in [3.8, 4) is 11.5 Å². The van der Waals surface area contributed by atoms with Gasteiger partial charge in [-0.05, 0) is 64.1 Å². The van der Waals surface area contributed by atoms with E-state index in [4.69, 9.17) is 20.9 Å². The number of aryl methyl sites for hydroxylation is 6. The van der Waals surface area contributed by atoms with Gasteiger partial charge >= 0.3 is 0 Å². The second-order valence-electron chi connectivity index (χ2n) is 14.4. The number of benzene rings is 2. The Labute approximate surface area is 348 Å². The maximum Gasteiger partial charge on any atom is 0.298 e. The highest BCUT2D eigenvalue weighted by atomic mass is 16.5. The van der Waals surface area contributed by atoms with E-state index in [1.165, 1.54) is 59.0 Å². The minimum atomic E-state index is -1.62. The first-order chi connectivity index (χ1) is 29.0. The van der Waals surface area contributed by atoms with Crippen LogP contribution in [0.2, 0.25) is 0 Å². The monoisotopic (exact) mass is 842 g/mol. The maximum atomic E-state index is 13.9. The van der Waals surface area contributed by atoms with Gasteiger partial charge in [-0.3, -0.25) is 28.5 Å². The standard InChI is InChI=1S/C40H50N12O9/c1-8-51-27(13-21(3)45-51)37(58)43-39-47(5)25-15-23(35(41)56)17-31(60-7)33(25)49(39)19-29(54)30(55)20-50-34-26(16-24(36(42)57)18-32(34)61-12-10-11-53)48(6)40(50)44-38(59)28-14-22(4)46-52(28)9-2/h13-18,29-30,53-55H,8-12,19-20H2,1-7H3,(H2,41,56)(H2,42,57)/t29-,30-/m1/s1. The maximum absolute atomic E-state index is 13.9. The molecule has 4 aromatic heterocycles. The first-order valence-electron chi connectivity index (χ1n) is 19.5. The van der Waals surface area contributed by atoms with Gasteiger partial charge in [0.2, 0.25) is 23.1 Å². The number of amides is 4. The molecule has 0 aliphatic heterocycles. The van der Waals surface area contributed by atoms with Crippen LogP contribution in [-0.2, 0) is 40.3 Å². The number of methoxy groups -OCH3 is 1. The molecule has 2 atom stereocenters. The van der Waals surface area contributed by atoms with Crippen molar-refractivity contribution >= 4 is 45.7 Å². The van der Waals surface area contributed by atoms with Crippen LogP contribution in [0.1, 0.15) is 73.3 Å². The zero-order valence-corrected chi connectivity index (χ0v) is 35.0. The smallest absolute Gasteiger partial charge is 0.298 e. The topological polar surface area (TPSA) is 280 Å². The van der Waals surface area contributed by atoms with Gasteiger partial charge in [0.25, 0.3) is 11.8 Å². The van der Waals surface area contributed by atoms with Gasteiger partial charge in [-0.2, -0.15) is 20.2 Å². The van der Waals surface area contributed by atoms with Gasteiger partial charge in [0.1, 0.15) is 33.9 Å². The Kier molecular flexibility index (Phi) is 12.8. The average Bonchev–Trinajstić information content (AvgIpc) is 3.95. The molecule has 0 saturated heterocycles. The number of aliphatic hydroxyl groups is 3. The number of hydrogen-bond acceptors (Lipinski definition) is 11. The quantitative estimate of drug-likeness (QED) is 0.0821. The minimum Gasteiger partial charge on any atom is -0.494 e. The van der Waals surface area contributed by atoms with Gasteiger partial charge in [0, 0.05) is 51.3 Å². The van der Waals surface area contributed by atoms with Crippen molar-refractivity contribution in [2.24, 2.45) is 35.5 Å². The second-order valence-corrected chi connectivity index (χ2v) is 14.4. The Morgan fingerprint density at radius 3 is 1.54 bits per heavy atom. The number of imidazole rings is 2. The van der Waals surface area contributed by atoms with Gasteiger partial charge in [-0.1, -0.05) is 0 Å². The van der Waals surface area contributed by atoms with Crippen molar-refractivity contribution in [3.05, 3.63) is 81.5 Å². The fourth-order valence-corrected chi connectivity index (χ4v) is 7.26. The lowest BCUT2D eigenvalue weighted by Gasteiger charge is -2.21. The molecule has 7 N–H and O–H groups in total. The van der Waals surface area contributed by atoms with E-state index < -0.39 is 42.4 Å². The van der Waals surface area contributed by atoms with Crippen LogP contribution in [0.3, 0.4) is 0 Å². The molecular weight excluding hydrogens is 793 g/mol. The molecular formula is C40H50N12O9. The van der Waals surface area contributed by atoms with E-state index in [0.29, 0.717) is 46.5 Å². The molecule has 0 bridgehead atoms. The normalized spacial score (nSPS) is 13.3. The molecule has 0 aliphatic rings. The van der Waals surface area contributed by atoms with E-state index in [0.717, 1.165) is 0 Å². The van der Waals surface area contributed by atoms with Crippen LogP contribution in [-0.4, -0.2) is 109 Å². The Balaban J connectivity index is 1.53. The molecule has 0 unspecified atom stereocenters. The predicted octanol–water partition coefficient (Wildman–Crippen LogP) is 0.194.